The zero-order valence-corrected chi connectivity index (χ0v) is 17.1. The van der Waals surface area contributed by atoms with Crippen molar-refractivity contribution >= 4 is 39.9 Å². The Labute approximate surface area is 166 Å². The molecule has 1 amide bonds. The summed E-state index contributed by atoms with van der Waals surface area (Å²) >= 11 is 2.20. The van der Waals surface area contributed by atoms with Crippen LogP contribution in [-0.2, 0) is 4.84 Å². The average molecular weight is 472 g/mol. The number of hydroxylamine groups is 1. The van der Waals surface area contributed by atoms with Gasteiger partial charge in [-0.2, -0.15) is 0 Å². The van der Waals surface area contributed by atoms with Gasteiger partial charge in [-0.25, -0.2) is 9.87 Å². The van der Waals surface area contributed by atoms with Crippen LogP contribution in [0, 0.1) is 16.3 Å². The van der Waals surface area contributed by atoms with E-state index >= 15 is 0 Å². The van der Waals surface area contributed by atoms with E-state index in [1.807, 2.05) is 25.1 Å². The molecule has 0 saturated heterocycles. The number of anilines is 2. The number of para-hydroxylation sites is 1. The number of aryl methyl sites for hydroxylation is 1. The van der Waals surface area contributed by atoms with Gasteiger partial charge >= 0.3 is 0 Å². The molecule has 0 atom stereocenters. The fourth-order valence-corrected chi connectivity index (χ4v) is 2.86. The number of rotatable bonds is 7. The van der Waals surface area contributed by atoms with Crippen LogP contribution in [0.4, 0.5) is 15.8 Å². The van der Waals surface area contributed by atoms with Gasteiger partial charge in [0.2, 0.25) is 0 Å². The Balaban J connectivity index is 2.14. The summed E-state index contributed by atoms with van der Waals surface area (Å²) in [6, 6.07) is 9.97. The van der Waals surface area contributed by atoms with Gasteiger partial charge in [0.1, 0.15) is 5.82 Å². The summed E-state index contributed by atoms with van der Waals surface area (Å²) < 4.78 is 15.4. The monoisotopic (exact) mass is 472 g/mol. The molecule has 0 aliphatic carbocycles. The van der Waals surface area contributed by atoms with E-state index in [1.54, 1.807) is 13.8 Å². The van der Waals surface area contributed by atoms with Crippen molar-refractivity contribution in [2.45, 2.75) is 32.8 Å². The molecule has 0 aliphatic heterocycles. The molecule has 7 heteroatoms. The van der Waals surface area contributed by atoms with Gasteiger partial charge in [0, 0.05) is 15.7 Å². The fourth-order valence-electron chi connectivity index (χ4n) is 2.21. The number of hydrogen-bond donors (Lipinski definition) is 3. The van der Waals surface area contributed by atoms with Crippen LogP contribution in [0.3, 0.4) is 0 Å². The van der Waals surface area contributed by atoms with E-state index in [-0.39, 0.29) is 17.9 Å². The Morgan fingerprint density at radius 2 is 2.04 bits per heavy atom. The molecule has 0 spiro atoms. The second-order valence-electron chi connectivity index (χ2n) is 6.59. The highest BCUT2D eigenvalue weighted by molar-refractivity contribution is 14.1. The Bertz CT molecular complexity index is 791. The van der Waals surface area contributed by atoms with Crippen molar-refractivity contribution in [3.63, 3.8) is 0 Å². The van der Waals surface area contributed by atoms with Gasteiger partial charge in [0.25, 0.3) is 5.91 Å². The van der Waals surface area contributed by atoms with Crippen LogP contribution >= 0.6 is 22.6 Å². The number of carbonyl (C=O) groups excluding carboxylic acids is 1. The molecule has 0 unspecified atom stereocenters. The molecule has 0 bridgehead atoms. The van der Waals surface area contributed by atoms with Crippen LogP contribution in [-0.4, -0.2) is 23.2 Å². The quantitative estimate of drug-likeness (QED) is 0.319. The van der Waals surface area contributed by atoms with Crippen LogP contribution in [0.15, 0.2) is 36.4 Å². The van der Waals surface area contributed by atoms with Crippen LogP contribution in [0.2, 0.25) is 0 Å². The van der Waals surface area contributed by atoms with Gasteiger partial charge in [0.15, 0.2) is 0 Å². The zero-order valence-electron chi connectivity index (χ0n) is 14.9. The maximum absolute atomic E-state index is 14.3. The van der Waals surface area contributed by atoms with E-state index in [4.69, 9.17) is 4.84 Å². The van der Waals surface area contributed by atoms with Crippen molar-refractivity contribution in [2.75, 3.05) is 11.9 Å². The number of halogens is 2. The summed E-state index contributed by atoms with van der Waals surface area (Å²) in [5.74, 6) is -1.10. The van der Waals surface area contributed by atoms with Gasteiger partial charge in [-0.15, -0.1) is 0 Å². The highest BCUT2D eigenvalue weighted by atomic mass is 127. The number of carbonyl (C=O) groups is 1. The van der Waals surface area contributed by atoms with Crippen molar-refractivity contribution in [1.29, 1.82) is 0 Å². The van der Waals surface area contributed by atoms with Crippen molar-refractivity contribution in [3.8, 4) is 0 Å². The first-order valence-electron chi connectivity index (χ1n) is 8.13. The number of aliphatic hydroxyl groups is 1. The summed E-state index contributed by atoms with van der Waals surface area (Å²) in [6.07, 6.45) is 0.351. The topological polar surface area (TPSA) is 70.6 Å². The molecule has 0 radical (unpaired) electrons. The number of benzene rings is 2. The SMILES string of the molecule is Cc1cc(I)ccc1Nc1c(F)cccc1C(=O)NOCCC(C)(C)O. The number of nitrogens with one attached hydrogen (secondary N) is 2. The first-order chi connectivity index (χ1) is 12.2. The van der Waals surface area contributed by atoms with Crippen LogP contribution in [0.5, 0.6) is 0 Å². The van der Waals surface area contributed by atoms with Crippen LogP contribution in [0.25, 0.3) is 0 Å². The van der Waals surface area contributed by atoms with Gasteiger partial charge in [0.05, 0.1) is 23.5 Å². The van der Waals surface area contributed by atoms with E-state index < -0.39 is 17.3 Å². The average Bonchev–Trinajstić information content (AvgIpc) is 2.54. The standard InChI is InChI=1S/C19H22FIN2O3/c1-12-11-13(21)7-8-16(12)22-17-14(5-4-6-15(17)20)18(24)23-26-10-9-19(2,3)25/h4-8,11,22,25H,9-10H2,1-3H3,(H,23,24). The summed E-state index contributed by atoms with van der Waals surface area (Å²) in [6.45, 7) is 5.35. The minimum atomic E-state index is -0.890. The molecular weight excluding hydrogens is 450 g/mol. The second kappa shape index (κ2) is 8.79. The lowest BCUT2D eigenvalue weighted by Gasteiger charge is -2.17. The third kappa shape index (κ3) is 5.93. The van der Waals surface area contributed by atoms with E-state index in [1.165, 1.54) is 18.2 Å². The maximum Gasteiger partial charge on any atom is 0.277 e. The van der Waals surface area contributed by atoms with Gasteiger partial charge in [-0.3, -0.25) is 9.63 Å². The predicted octanol–water partition coefficient (Wildman–Crippen LogP) is 4.30. The minimum Gasteiger partial charge on any atom is -0.390 e. The lowest BCUT2D eigenvalue weighted by molar-refractivity contribution is -0.00570. The summed E-state index contributed by atoms with van der Waals surface area (Å²) in [5.41, 5.74) is 3.27. The van der Waals surface area contributed by atoms with E-state index in [2.05, 4.69) is 33.4 Å². The van der Waals surface area contributed by atoms with Crippen LogP contribution in [0.1, 0.15) is 36.2 Å². The molecule has 26 heavy (non-hydrogen) atoms. The molecule has 2 aromatic rings. The third-order valence-electron chi connectivity index (χ3n) is 3.69. The Morgan fingerprint density at radius 1 is 1.31 bits per heavy atom. The van der Waals surface area contributed by atoms with Crippen molar-refractivity contribution in [3.05, 3.63) is 56.9 Å². The summed E-state index contributed by atoms with van der Waals surface area (Å²) in [4.78, 5) is 17.5. The normalized spacial score (nSPS) is 11.3. The molecule has 2 rings (SSSR count). The summed E-state index contributed by atoms with van der Waals surface area (Å²) in [7, 11) is 0. The Morgan fingerprint density at radius 3 is 2.69 bits per heavy atom. The molecule has 0 aliphatic rings. The molecule has 0 fully saturated rings. The highest BCUT2D eigenvalue weighted by Crippen LogP contribution is 2.27. The van der Waals surface area contributed by atoms with E-state index in [0.717, 1.165) is 9.13 Å². The molecule has 2 aromatic carbocycles. The van der Waals surface area contributed by atoms with Gasteiger partial charge in [-0.1, -0.05) is 6.07 Å². The van der Waals surface area contributed by atoms with E-state index in [9.17, 15) is 14.3 Å². The minimum absolute atomic E-state index is 0.0837. The lowest BCUT2D eigenvalue weighted by atomic mass is 10.1. The first-order valence-corrected chi connectivity index (χ1v) is 9.21. The van der Waals surface area contributed by atoms with Crippen molar-refractivity contribution < 1.29 is 19.1 Å². The largest absolute Gasteiger partial charge is 0.390 e. The molecule has 140 valence electrons. The highest BCUT2D eigenvalue weighted by Gasteiger charge is 2.17. The van der Waals surface area contributed by atoms with Gasteiger partial charge < -0.3 is 10.4 Å². The van der Waals surface area contributed by atoms with Crippen molar-refractivity contribution in [2.24, 2.45) is 0 Å². The Hall–Kier alpha value is -1.71. The smallest absolute Gasteiger partial charge is 0.277 e. The number of amides is 1. The lowest BCUT2D eigenvalue weighted by Crippen LogP contribution is -2.28. The van der Waals surface area contributed by atoms with E-state index in [0.29, 0.717) is 12.1 Å². The molecule has 0 aromatic heterocycles. The van der Waals surface area contributed by atoms with Crippen molar-refractivity contribution in [1.82, 2.24) is 5.48 Å². The van der Waals surface area contributed by atoms with Gasteiger partial charge in [-0.05, 0) is 79.3 Å². The fraction of sp³-hybridized carbons (Fsp3) is 0.316. The second-order valence-corrected chi connectivity index (χ2v) is 7.83. The van der Waals surface area contributed by atoms with Crippen LogP contribution < -0.4 is 10.8 Å². The maximum atomic E-state index is 14.3. The molecule has 0 saturated carbocycles. The third-order valence-corrected chi connectivity index (χ3v) is 4.36. The molecular formula is C19H22FIN2O3. The first kappa shape index (κ1) is 20.6. The number of hydrogen-bond acceptors (Lipinski definition) is 4. The molecule has 5 nitrogen and oxygen atoms in total. The predicted molar refractivity (Wildman–Crippen MR) is 108 cm³/mol. The molecule has 0 heterocycles. The molecule has 3 N–H and O–H groups in total. The Kier molecular flexibility index (Phi) is 6.96. The summed E-state index contributed by atoms with van der Waals surface area (Å²) in [5, 5.41) is 12.6. The zero-order chi connectivity index (χ0) is 19.3.